The molecule has 0 amide bonds. The number of benzene rings is 1. The van der Waals surface area contributed by atoms with Gasteiger partial charge < -0.3 is 15.4 Å². The van der Waals surface area contributed by atoms with Crippen molar-refractivity contribution in [3.05, 3.63) is 29.8 Å². The van der Waals surface area contributed by atoms with Crippen molar-refractivity contribution >= 4 is 29.9 Å². The lowest BCUT2D eigenvalue weighted by atomic mass is 10.1. The average molecular weight is 389 g/mol. The first-order valence-corrected chi connectivity index (χ1v) is 7.00. The summed E-state index contributed by atoms with van der Waals surface area (Å²) in [6.45, 7) is 3.75. The van der Waals surface area contributed by atoms with Crippen molar-refractivity contribution in [2.45, 2.75) is 32.2 Å². The van der Waals surface area contributed by atoms with Gasteiger partial charge in [-0.2, -0.15) is 0 Å². The predicted molar refractivity (Wildman–Crippen MR) is 94.2 cm³/mol. The van der Waals surface area contributed by atoms with Crippen LogP contribution in [-0.4, -0.2) is 32.2 Å². The van der Waals surface area contributed by atoms with Crippen LogP contribution in [0.2, 0.25) is 0 Å². The minimum absolute atomic E-state index is 0. The average Bonchev–Trinajstić information content (AvgIpc) is 3.23. The Bertz CT molecular complexity index is 433. The Morgan fingerprint density at radius 1 is 1.35 bits per heavy atom. The number of guanidine groups is 1. The Kier molecular flexibility index (Phi) is 7.72. The molecule has 112 valence electrons. The van der Waals surface area contributed by atoms with Crippen LogP contribution in [-0.2, 0) is 6.42 Å². The molecule has 20 heavy (non-hydrogen) atoms. The standard InChI is InChI=1S/C15H23N3O.HI/c1-3-16-15(18-13-8-9-13)17-11-10-12-6-4-5-7-14(12)19-2;/h4-7,13H,3,8-11H2,1-2H3,(H2,16,17,18);1H. The van der Waals surface area contributed by atoms with Crippen molar-refractivity contribution in [1.29, 1.82) is 0 Å². The predicted octanol–water partition coefficient (Wildman–Crippen LogP) is 2.57. The first-order chi connectivity index (χ1) is 9.33. The van der Waals surface area contributed by atoms with Crippen LogP contribution < -0.4 is 15.4 Å². The summed E-state index contributed by atoms with van der Waals surface area (Å²) >= 11 is 0. The number of ether oxygens (including phenoxy) is 1. The molecule has 5 heteroatoms. The van der Waals surface area contributed by atoms with Gasteiger partial charge in [-0.15, -0.1) is 24.0 Å². The summed E-state index contributed by atoms with van der Waals surface area (Å²) in [5.41, 5.74) is 1.20. The highest BCUT2D eigenvalue weighted by molar-refractivity contribution is 14.0. The van der Waals surface area contributed by atoms with Gasteiger partial charge in [-0.05, 0) is 37.8 Å². The van der Waals surface area contributed by atoms with Crippen LogP contribution in [0.1, 0.15) is 25.3 Å². The van der Waals surface area contributed by atoms with E-state index in [1.54, 1.807) is 7.11 Å². The number of rotatable bonds is 6. The van der Waals surface area contributed by atoms with Crippen LogP contribution in [0, 0.1) is 0 Å². The molecule has 4 nitrogen and oxygen atoms in total. The molecular weight excluding hydrogens is 365 g/mol. The number of halogens is 1. The maximum Gasteiger partial charge on any atom is 0.191 e. The zero-order chi connectivity index (χ0) is 13.5. The number of nitrogens with zero attached hydrogens (tertiary/aromatic N) is 1. The van der Waals surface area contributed by atoms with Crippen molar-refractivity contribution < 1.29 is 4.74 Å². The van der Waals surface area contributed by atoms with Gasteiger partial charge in [0.05, 0.1) is 7.11 Å². The summed E-state index contributed by atoms with van der Waals surface area (Å²) in [6.07, 6.45) is 3.42. The van der Waals surface area contributed by atoms with Crippen LogP contribution in [0.4, 0.5) is 0 Å². The lowest BCUT2D eigenvalue weighted by Gasteiger charge is -2.11. The molecule has 0 radical (unpaired) electrons. The Morgan fingerprint density at radius 2 is 2.10 bits per heavy atom. The molecule has 0 heterocycles. The van der Waals surface area contributed by atoms with Gasteiger partial charge in [0.1, 0.15) is 5.75 Å². The highest BCUT2D eigenvalue weighted by atomic mass is 127. The summed E-state index contributed by atoms with van der Waals surface area (Å²) < 4.78 is 5.35. The van der Waals surface area contributed by atoms with Crippen LogP contribution in [0.15, 0.2) is 29.3 Å². The maximum atomic E-state index is 5.35. The Balaban J connectivity index is 0.00000200. The zero-order valence-corrected chi connectivity index (χ0v) is 14.5. The summed E-state index contributed by atoms with van der Waals surface area (Å²) in [7, 11) is 1.71. The lowest BCUT2D eigenvalue weighted by Crippen LogP contribution is -2.38. The topological polar surface area (TPSA) is 45.7 Å². The number of aliphatic imine (C=N–C) groups is 1. The number of hydrogen-bond donors (Lipinski definition) is 2. The van der Waals surface area contributed by atoms with Crippen molar-refractivity contribution in [1.82, 2.24) is 10.6 Å². The second-order valence-electron chi connectivity index (χ2n) is 4.74. The number of methoxy groups -OCH3 is 1. The van der Waals surface area contributed by atoms with Gasteiger partial charge in [0.25, 0.3) is 0 Å². The largest absolute Gasteiger partial charge is 0.496 e. The Labute approximate surface area is 138 Å². The third-order valence-electron chi connectivity index (χ3n) is 3.11. The molecule has 1 saturated carbocycles. The summed E-state index contributed by atoms with van der Waals surface area (Å²) in [5, 5.41) is 6.69. The molecular formula is C15H24IN3O. The normalized spacial score (nSPS) is 14.4. The maximum absolute atomic E-state index is 5.35. The molecule has 2 rings (SSSR count). The molecule has 0 aliphatic heterocycles. The molecule has 0 saturated heterocycles. The number of para-hydroxylation sites is 1. The van der Waals surface area contributed by atoms with E-state index >= 15 is 0 Å². The molecule has 1 aliphatic rings. The van der Waals surface area contributed by atoms with Crippen LogP contribution in [0.5, 0.6) is 5.75 Å². The van der Waals surface area contributed by atoms with Crippen molar-refractivity contribution in [2.75, 3.05) is 20.2 Å². The van der Waals surface area contributed by atoms with Crippen LogP contribution in [0.3, 0.4) is 0 Å². The van der Waals surface area contributed by atoms with E-state index < -0.39 is 0 Å². The van der Waals surface area contributed by atoms with Gasteiger partial charge in [-0.1, -0.05) is 18.2 Å². The van der Waals surface area contributed by atoms with Gasteiger partial charge >= 0.3 is 0 Å². The molecule has 1 fully saturated rings. The third kappa shape index (κ3) is 5.56. The monoisotopic (exact) mass is 389 g/mol. The van der Waals surface area contributed by atoms with Gasteiger partial charge in [-0.3, -0.25) is 4.99 Å². The van der Waals surface area contributed by atoms with E-state index in [0.717, 1.165) is 31.2 Å². The van der Waals surface area contributed by atoms with E-state index in [9.17, 15) is 0 Å². The highest BCUT2D eigenvalue weighted by Crippen LogP contribution is 2.19. The minimum Gasteiger partial charge on any atom is -0.496 e. The van der Waals surface area contributed by atoms with E-state index in [2.05, 4.69) is 28.6 Å². The molecule has 2 N–H and O–H groups in total. The summed E-state index contributed by atoms with van der Waals surface area (Å²) in [4.78, 5) is 4.60. The molecule has 0 aromatic heterocycles. The Morgan fingerprint density at radius 3 is 2.75 bits per heavy atom. The first kappa shape index (κ1) is 17.1. The van der Waals surface area contributed by atoms with Crippen molar-refractivity contribution in [3.8, 4) is 5.75 Å². The van der Waals surface area contributed by atoms with Gasteiger partial charge in [-0.25, -0.2) is 0 Å². The number of nitrogens with one attached hydrogen (secondary N) is 2. The van der Waals surface area contributed by atoms with E-state index in [0.29, 0.717) is 6.04 Å². The Hall–Kier alpha value is -0.980. The highest BCUT2D eigenvalue weighted by Gasteiger charge is 2.21. The van der Waals surface area contributed by atoms with Crippen LogP contribution in [0.25, 0.3) is 0 Å². The first-order valence-electron chi connectivity index (χ1n) is 7.00. The smallest absolute Gasteiger partial charge is 0.191 e. The molecule has 0 bridgehead atoms. The van der Waals surface area contributed by atoms with Crippen molar-refractivity contribution in [2.24, 2.45) is 4.99 Å². The SMILES string of the molecule is CCNC(=NCCc1ccccc1OC)NC1CC1.I. The van der Waals surface area contributed by atoms with Gasteiger partial charge in [0, 0.05) is 19.1 Å². The van der Waals surface area contributed by atoms with Crippen LogP contribution >= 0.6 is 24.0 Å². The molecule has 0 unspecified atom stereocenters. The molecule has 1 aromatic carbocycles. The minimum atomic E-state index is 0. The fourth-order valence-electron chi connectivity index (χ4n) is 1.94. The van der Waals surface area contributed by atoms with E-state index in [-0.39, 0.29) is 24.0 Å². The zero-order valence-electron chi connectivity index (χ0n) is 12.2. The molecule has 0 atom stereocenters. The van der Waals surface area contributed by atoms with Crippen molar-refractivity contribution in [3.63, 3.8) is 0 Å². The summed E-state index contributed by atoms with van der Waals surface area (Å²) in [5.74, 6) is 1.87. The quantitative estimate of drug-likeness (QED) is 0.447. The van der Waals surface area contributed by atoms with Gasteiger partial charge in [0.15, 0.2) is 5.96 Å². The van der Waals surface area contributed by atoms with E-state index in [1.165, 1.54) is 18.4 Å². The fraction of sp³-hybridized carbons (Fsp3) is 0.533. The van der Waals surface area contributed by atoms with Gasteiger partial charge in [0.2, 0.25) is 0 Å². The molecule has 0 spiro atoms. The fourth-order valence-corrected chi connectivity index (χ4v) is 1.94. The number of hydrogen-bond acceptors (Lipinski definition) is 2. The van der Waals surface area contributed by atoms with E-state index in [1.807, 2.05) is 18.2 Å². The molecule has 1 aliphatic carbocycles. The molecule has 1 aromatic rings. The lowest BCUT2D eigenvalue weighted by molar-refractivity contribution is 0.410. The second kappa shape index (κ2) is 9.05. The second-order valence-corrected chi connectivity index (χ2v) is 4.74. The summed E-state index contributed by atoms with van der Waals surface area (Å²) in [6, 6.07) is 8.74. The van der Waals surface area contributed by atoms with E-state index in [4.69, 9.17) is 4.74 Å². The third-order valence-corrected chi connectivity index (χ3v) is 3.11.